The minimum atomic E-state index is -1.03. The summed E-state index contributed by atoms with van der Waals surface area (Å²) in [5.74, 6) is 0.960. The molecule has 0 atom stereocenters. The first-order chi connectivity index (χ1) is 15.2. The van der Waals surface area contributed by atoms with Crippen molar-refractivity contribution in [1.29, 1.82) is 0 Å². The Kier molecular flexibility index (Phi) is 5.94. The zero-order valence-electron chi connectivity index (χ0n) is 18.5. The van der Waals surface area contributed by atoms with Crippen molar-refractivity contribution in [3.63, 3.8) is 0 Å². The first-order valence-electron chi connectivity index (χ1n) is 10.4. The monoisotopic (exact) mass is 448 g/mol. The average Bonchev–Trinajstić information content (AvgIpc) is 3.16. The summed E-state index contributed by atoms with van der Waals surface area (Å²) < 4.78 is 11.8. The van der Waals surface area contributed by atoms with Gasteiger partial charge in [0.25, 0.3) is 5.91 Å². The minimum Gasteiger partial charge on any atom is -0.478 e. The molecule has 32 heavy (non-hydrogen) atoms. The van der Waals surface area contributed by atoms with E-state index in [1.165, 1.54) is 11.1 Å². The number of oxazole rings is 1. The third-order valence-electron chi connectivity index (χ3n) is 5.39. The molecule has 1 heterocycles. The van der Waals surface area contributed by atoms with Crippen molar-refractivity contribution in [2.45, 2.75) is 39.8 Å². The van der Waals surface area contributed by atoms with E-state index in [2.05, 4.69) is 24.1 Å². The van der Waals surface area contributed by atoms with E-state index < -0.39 is 5.60 Å². The Balaban J connectivity index is 1.40. The number of carbonyl (C=O) groups is 1. The molecule has 0 bridgehead atoms. The highest BCUT2D eigenvalue weighted by atomic mass is 35.5. The van der Waals surface area contributed by atoms with Crippen LogP contribution >= 0.6 is 11.6 Å². The molecule has 0 aliphatic carbocycles. The Morgan fingerprint density at radius 1 is 1.03 bits per heavy atom. The number of rotatable bonds is 6. The average molecular weight is 449 g/mol. The first-order valence-corrected chi connectivity index (χ1v) is 10.8. The van der Waals surface area contributed by atoms with E-state index in [9.17, 15) is 4.79 Å². The smallest absolute Gasteiger partial charge is 0.263 e. The molecule has 1 aromatic heterocycles. The molecule has 0 radical (unpaired) electrons. The molecule has 164 valence electrons. The van der Waals surface area contributed by atoms with Gasteiger partial charge in [-0.15, -0.1) is 0 Å². The van der Waals surface area contributed by atoms with Gasteiger partial charge in [-0.25, -0.2) is 4.98 Å². The lowest BCUT2D eigenvalue weighted by atomic mass is 10.1. The van der Waals surface area contributed by atoms with Crippen molar-refractivity contribution in [3.05, 3.63) is 82.4 Å². The number of nitrogens with zero attached hydrogens (tertiary/aromatic N) is 1. The van der Waals surface area contributed by atoms with Crippen LogP contribution in [0.25, 0.3) is 22.6 Å². The predicted octanol–water partition coefficient (Wildman–Crippen LogP) is 6.24. The van der Waals surface area contributed by atoms with Crippen molar-refractivity contribution < 1.29 is 13.9 Å². The van der Waals surface area contributed by atoms with E-state index >= 15 is 0 Å². The van der Waals surface area contributed by atoms with Crippen molar-refractivity contribution in [1.82, 2.24) is 10.3 Å². The molecule has 0 fully saturated rings. The summed E-state index contributed by atoms with van der Waals surface area (Å²) in [6, 6.07) is 18.8. The van der Waals surface area contributed by atoms with Gasteiger partial charge in [0.05, 0.1) is 0 Å². The van der Waals surface area contributed by atoms with E-state index in [-0.39, 0.29) is 5.91 Å². The number of aryl methyl sites for hydroxylation is 2. The highest BCUT2D eigenvalue weighted by Crippen LogP contribution is 2.27. The van der Waals surface area contributed by atoms with Crippen molar-refractivity contribution in [2.24, 2.45) is 0 Å². The third-order valence-corrected chi connectivity index (χ3v) is 5.64. The van der Waals surface area contributed by atoms with Gasteiger partial charge in [0.2, 0.25) is 5.89 Å². The van der Waals surface area contributed by atoms with Crippen molar-refractivity contribution in [3.8, 4) is 17.2 Å². The van der Waals surface area contributed by atoms with Gasteiger partial charge in [-0.2, -0.15) is 0 Å². The van der Waals surface area contributed by atoms with E-state index in [0.717, 1.165) is 22.2 Å². The maximum absolute atomic E-state index is 12.7. The van der Waals surface area contributed by atoms with Crippen LogP contribution in [-0.4, -0.2) is 16.5 Å². The zero-order valence-corrected chi connectivity index (χ0v) is 19.3. The summed E-state index contributed by atoms with van der Waals surface area (Å²) in [6.07, 6.45) is 0. The maximum atomic E-state index is 12.7. The molecule has 5 nitrogen and oxygen atoms in total. The van der Waals surface area contributed by atoms with Crippen LogP contribution in [0.3, 0.4) is 0 Å². The molecule has 6 heteroatoms. The first kappa shape index (κ1) is 21.9. The highest BCUT2D eigenvalue weighted by molar-refractivity contribution is 6.30. The second-order valence-electron chi connectivity index (χ2n) is 8.37. The van der Waals surface area contributed by atoms with E-state index in [1.807, 2.05) is 36.4 Å². The van der Waals surface area contributed by atoms with E-state index in [0.29, 0.717) is 23.2 Å². The minimum absolute atomic E-state index is 0.207. The normalized spacial score (nSPS) is 11.5. The number of aromatic nitrogens is 1. The molecule has 0 aliphatic rings. The van der Waals surface area contributed by atoms with E-state index in [1.54, 1.807) is 38.1 Å². The van der Waals surface area contributed by atoms with Crippen LogP contribution < -0.4 is 10.1 Å². The molecule has 0 saturated heterocycles. The standard InChI is InChI=1S/C26H25ClN2O3/c1-16-13-22-23(14-17(16)2)31-24(29-22)19-7-5-18(6-8-19)15-28-25(30)26(3,4)32-21-11-9-20(27)10-12-21/h5-14H,15H2,1-4H3,(H,28,30). The maximum Gasteiger partial charge on any atom is 0.263 e. The van der Waals surface area contributed by atoms with Crippen LogP contribution in [0.2, 0.25) is 5.02 Å². The van der Waals surface area contributed by atoms with Crippen LogP contribution in [-0.2, 0) is 11.3 Å². The van der Waals surface area contributed by atoms with Gasteiger partial charge < -0.3 is 14.5 Å². The number of hydrogen-bond donors (Lipinski definition) is 1. The number of fused-ring (bicyclic) bond motifs is 1. The number of benzene rings is 3. The second kappa shape index (κ2) is 8.67. The lowest BCUT2D eigenvalue weighted by molar-refractivity contribution is -0.134. The number of amides is 1. The predicted molar refractivity (Wildman–Crippen MR) is 127 cm³/mol. The van der Waals surface area contributed by atoms with Gasteiger partial charge in [-0.1, -0.05) is 23.7 Å². The van der Waals surface area contributed by atoms with Crippen LogP contribution in [0.15, 0.2) is 65.1 Å². The van der Waals surface area contributed by atoms with Crippen LogP contribution in [0, 0.1) is 13.8 Å². The molecule has 3 aromatic carbocycles. The summed E-state index contributed by atoms with van der Waals surface area (Å²) in [5.41, 5.74) is 4.82. The highest BCUT2D eigenvalue weighted by Gasteiger charge is 2.29. The molecule has 0 unspecified atom stereocenters. The molecular weight excluding hydrogens is 424 g/mol. The van der Waals surface area contributed by atoms with Gasteiger partial charge in [-0.3, -0.25) is 4.79 Å². The second-order valence-corrected chi connectivity index (χ2v) is 8.81. The van der Waals surface area contributed by atoms with Crippen LogP contribution in [0.5, 0.6) is 5.75 Å². The summed E-state index contributed by atoms with van der Waals surface area (Å²) in [6.45, 7) is 7.97. The molecule has 0 saturated carbocycles. The summed E-state index contributed by atoms with van der Waals surface area (Å²) >= 11 is 5.90. The SMILES string of the molecule is Cc1cc2nc(-c3ccc(CNC(=O)C(C)(C)Oc4ccc(Cl)cc4)cc3)oc2cc1C. The van der Waals surface area contributed by atoms with Gasteiger partial charge >= 0.3 is 0 Å². The molecule has 4 rings (SSSR count). The number of carbonyl (C=O) groups excluding carboxylic acids is 1. The molecule has 0 spiro atoms. The lowest BCUT2D eigenvalue weighted by Crippen LogP contribution is -2.46. The van der Waals surface area contributed by atoms with Crippen molar-refractivity contribution in [2.75, 3.05) is 0 Å². The Bertz CT molecular complexity index is 1220. The lowest BCUT2D eigenvalue weighted by Gasteiger charge is -2.25. The van der Waals surface area contributed by atoms with Gasteiger partial charge in [0.1, 0.15) is 11.3 Å². The van der Waals surface area contributed by atoms with Gasteiger partial charge in [0.15, 0.2) is 11.2 Å². The molecule has 1 N–H and O–H groups in total. The van der Waals surface area contributed by atoms with Crippen LogP contribution in [0.1, 0.15) is 30.5 Å². The van der Waals surface area contributed by atoms with Gasteiger partial charge in [0, 0.05) is 17.1 Å². The quantitative estimate of drug-likeness (QED) is 0.379. The largest absolute Gasteiger partial charge is 0.478 e. The Morgan fingerprint density at radius 3 is 2.38 bits per heavy atom. The molecule has 4 aromatic rings. The topological polar surface area (TPSA) is 64.4 Å². The number of hydrogen-bond acceptors (Lipinski definition) is 4. The third kappa shape index (κ3) is 4.78. The fourth-order valence-corrected chi connectivity index (χ4v) is 3.43. The summed E-state index contributed by atoms with van der Waals surface area (Å²) in [7, 11) is 0. The van der Waals surface area contributed by atoms with E-state index in [4.69, 9.17) is 20.8 Å². The fourth-order valence-electron chi connectivity index (χ4n) is 3.31. The molecule has 1 amide bonds. The fraction of sp³-hybridized carbons (Fsp3) is 0.231. The number of nitrogens with one attached hydrogen (secondary N) is 1. The molecular formula is C26H25ClN2O3. The Labute approximate surface area is 192 Å². The molecule has 0 aliphatic heterocycles. The number of ether oxygens (including phenoxy) is 1. The van der Waals surface area contributed by atoms with Crippen molar-refractivity contribution >= 4 is 28.6 Å². The Hall–Kier alpha value is -3.31. The van der Waals surface area contributed by atoms with Crippen LogP contribution in [0.4, 0.5) is 0 Å². The Morgan fingerprint density at radius 2 is 1.69 bits per heavy atom. The zero-order chi connectivity index (χ0) is 22.9. The summed E-state index contributed by atoms with van der Waals surface area (Å²) in [4.78, 5) is 17.3. The number of halogens is 1. The van der Waals surface area contributed by atoms with Gasteiger partial charge in [-0.05, 0) is 92.9 Å². The summed E-state index contributed by atoms with van der Waals surface area (Å²) in [5, 5.41) is 3.55.